The highest BCUT2D eigenvalue weighted by Gasteiger charge is 2.28. The van der Waals surface area contributed by atoms with Gasteiger partial charge in [0.15, 0.2) is 0 Å². The lowest BCUT2D eigenvalue weighted by Gasteiger charge is -2.18. The van der Waals surface area contributed by atoms with Gasteiger partial charge in [-0.3, -0.25) is 4.79 Å². The molecule has 0 saturated carbocycles. The van der Waals surface area contributed by atoms with Gasteiger partial charge in [-0.15, -0.1) is 0 Å². The summed E-state index contributed by atoms with van der Waals surface area (Å²) in [5.74, 6) is -2.25. The summed E-state index contributed by atoms with van der Waals surface area (Å²) in [5.41, 5.74) is 0. The lowest BCUT2D eigenvalue weighted by atomic mass is 10.0. The van der Waals surface area contributed by atoms with E-state index in [4.69, 9.17) is 9.52 Å². The molecule has 3 N–H and O–H groups in total. The number of furan rings is 1. The minimum atomic E-state index is -4.11. The molecule has 8 nitrogen and oxygen atoms in total. The fourth-order valence-electron chi connectivity index (χ4n) is 1.68. The van der Waals surface area contributed by atoms with E-state index < -0.39 is 38.8 Å². The third kappa shape index (κ3) is 4.57. The van der Waals surface area contributed by atoms with Gasteiger partial charge in [-0.1, -0.05) is 13.8 Å². The number of likely N-dealkylation sites (N-methyl/N-ethyl adjacent to an activating group) is 1. The zero-order valence-corrected chi connectivity index (χ0v) is 12.7. The maximum Gasteiger partial charge on any atom is 0.371 e. The molecule has 0 aromatic carbocycles. The van der Waals surface area contributed by atoms with Crippen LogP contribution >= 0.6 is 0 Å². The predicted octanol–water partition coefficient (Wildman–Crippen LogP) is 0.417. The van der Waals surface area contributed by atoms with Gasteiger partial charge in [0, 0.05) is 7.05 Å². The molecule has 0 fully saturated rings. The monoisotopic (exact) mass is 318 g/mol. The first-order chi connectivity index (χ1) is 9.67. The number of hydrogen-bond donors (Lipinski definition) is 3. The molecule has 1 rings (SSSR count). The van der Waals surface area contributed by atoms with E-state index in [1.165, 1.54) is 7.05 Å². The topological polar surface area (TPSA) is 126 Å². The van der Waals surface area contributed by atoms with Crippen LogP contribution in [0.3, 0.4) is 0 Å². The van der Waals surface area contributed by atoms with Crippen molar-refractivity contribution in [1.82, 2.24) is 10.0 Å². The molecule has 21 heavy (non-hydrogen) atoms. The van der Waals surface area contributed by atoms with Gasteiger partial charge in [0.05, 0.1) is 0 Å². The molecule has 1 amide bonds. The molecule has 1 heterocycles. The van der Waals surface area contributed by atoms with Gasteiger partial charge < -0.3 is 14.8 Å². The molecule has 1 aromatic rings. The molecule has 1 atom stereocenters. The number of amides is 1. The summed E-state index contributed by atoms with van der Waals surface area (Å²) in [7, 11) is -2.71. The smallest absolute Gasteiger partial charge is 0.371 e. The fourth-order valence-corrected chi connectivity index (χ4v) is 2.82. The highest BCUT2D eigenvalue weighted by Crippen LogP contribution is 2.16. The lowest BCUT2D eigenvalue weighted by molar-refractivity contribution is -0.122. The Labute approximate surface area is 122 Å². The number of sulfonamides is 1. The van der Waals surface area contributed by atoms with Crippen molar-refractivity contribution < 1.29 is 27.5 Å². The first kappa shape index (κ1) is 17.2. The van der Waals surface area contributed by atoms with E-state index in [9.17, 15) is 18.0 Å². The molecular formula is C12H18N2O6S. The second-order valence-corrected chi connectivity index (χ2v) is 6.49. The zero-order valence-electron chi connectivity index (χ0n) is 11.9. The maximum atomic E-state index is 12.1. The highest BCUT2D eigenvalue weighted by molar-refractivity contribution is 7.89. The Balaban J connectivity index is 2.99. The maximum absolute atomic E-state index is 12.1. The van der Waals surface area contributed by atoms with E-state index in [0.29, 0.717) is 6.42 Å². The van der Waals surface area contributed by atoms with Crippen molar-refractivity contribution in [2.75, 3.05) is 7.05 Å². The number of carbonyl (C=O) groups is 2. The summed E-state index contributed by atoms with van der Waals surface area (Å²) >= 11 is 0. The normalized spacial score (nSPS) is 13.1. The van der Waals surface area contributed by atoms with E-state index in [2.05, 4.69) is 10.0 Å². The molecule has 1 aromatic heterocycles. The number of nitrogens with one attached hydrogen (secondary N) is 2. The van der Waals surface area contributed by atoms with E-state index in [-0.39, 0.29) is 5.92 Å². The molecule has 0 radical (unpaired) electrons. The van der Waals surface area contributed by atoms with E-state index in [0.717, 1.165) is 12.1 Å². The minimum absolute atomic E-state index is 0.0844. The average Bonchev–Trinajstić information content (AvgIpc) is 2.86. The molecule has 0 bridgehead atoms. The van der Waals surface area contributed by atoms with Crippen LogP contribution in [0, 0.1) is 5.92 Å². The Morgan fingerprint density at radius 2 is 1.95 bits per heavy atom. The minimum Gasteiger partial charge on any atom is -0.475 e. The standard InChI is InChI=1S/C12H18N2O6S/c1-7(2)6-8(11(15)13-3)14-21(18,19)10-5-4-9(20-10)12(16)17/h4-5,7-8,14H,6H2,1-3H3,(H,13,15)(H,16,17). The number of hydrogen-bond acceptors (Lipinski definition) is 5. The highest BCUT2D eigenvalue weighted by atomic mass is 32.2. The largest absolute Gasteiger partial charge is 0.475 e. The lowest BCUT2D eigenvalue weighted by Crippen LogP contribution is -2.46. The number of aromatic carboxylic acids is 1. The Bertz CT molecular complexity index is 619. The van der Waals surface area contributed by atoms with Crippen LogP contribution < -0.4 is 10.0 Å². The van der Waals surface area contributed by atoms with Crippen molar-refractivity contribution in [1.29, 1.82) is 0 Å². The fraction of sp³-hybridized carbons (Fsp3) is 0.500. The van der Waals surface area contributed by atoms with Gasteiger partial charge in [0.2, 0.25) is 16.8 Å². The van der Waals surface area contributed by atoms with E-state index in [1.54, 1.807) is 0 Å². The molecule has 9 heteroatoms. The summed E-state index contributed by atoms with van der Waals surface area (Å²) in [6, 6.07) is 1.11. The second-order valence-electron chi connectivity index (χ2n) is 4.84. The molecular weight excluding hydrogens is 300 g/mol. The molecule has 1 unspecified atom stereocenters. The predicted molar refractivity (Wildman–Crippen MR) is 73.3 cm³/mol. The van der Waals surface area contributed by atoms with Crippen molar-refractivity contribution in [3.05, 3.63) is 17.9 Å². The first-order valence-electron chi connectivity index (χ1n) is 6.24. The number of rotatable bonds is 7. The van der Waals surface area contributed by atoms with Crippen molar-refractivity contribution in [2.45, 2.75) is 31.4 Å². The quantitative estimate of drug-likeness (QED) is 0.669. The second kappa shape index (κ2) is 6.72. The van der Waals surface area contributed by atoms with Crippen LogP contribution in [-0.2, 0) is 14.8 Å². The molecule has 0 aliphatic rings. The van der Waals surface area contributed by atoms with Crippen LogP contribution in [0.1, 0.15) is 30.8 Å². The van der Waals surface area contributed by atoms with Crippen molar-refractivity contribution in [2.24, 2.45) is 5.92 Å². The van der Waals surface area contributed by atoms with Gasteiger partial charge in [-0.2, -0.15) is 4.72 Å². The van der Waals surface area contributed by atoms with Gasteiger partial charge in [0.25, 0.3) is 10.0 Å². The van der Waals surface area contributed by atoms with Gasteiger partial charge in [0.1, 0.15) is 6.04 Å². The van der Waals surface area contributed by atoms with Crippen molar-refractivity contribution >= 4 is 21.9 Å². The Morgan fingerprint density at radius 1 is 1.33 bits per heavy atom. The summed E-state index contributed by atoms with van der Waals surface area (Å²) in [6.45, 7) is 3.69. The van der Waals surface area contributed by atoms with Crippen LogP contribution in [0.4, 0.5) is 0 Å². The Kier molecular flexibility index (Phi) is 5.50. The van der Waals surface area contributed by atoms with Crippen LogP contribution in [0.2, 0.25) is 0 Å². The van der Waals surface area contributed by atoms with Crippen LogP contribution in [-0.4, -0.2) is 38.5 Å². The third-order valence-corrected chi connectivity index (χ3v) is 3.97. The molecule has 0 saturated heterocycles. The molecule has 0 aliphatic carbocycles. The van der Waals surface area contributed by atoms with E-state index >= 15 is 0 Å². The summed E-state index contributed by atoms with van der Waals surface area (Å²) in [6.07, 6.45) is 0.297. The van der Waals surface area contributed by atoms with Crippen LogP contribution in [0.5, 0.6) is 0 Å². The van der Waals surface area contributed by atoms with Crippen molar-refractivity contribution in [3.63, 3.8) is 0 Å². The molecule has 118 valence electrons. The van der Waals surface area contributed by atoms with Crippen LogP contribution in [0.25, 0.3) is 0 Å². The van der Waals surface area contributed by atoms with Gasteiger partial charge in [-0.25, -0.2) is 13.2 Å². The summed E-state index contributed by atoms with van der Waals surface area (Å²) in [4.78, 5) is 22.4. The summed E-state index contributed by atoms with van der Waals surface area (Å²) < 4.78 is 31.2. The molecule has 0 spiro atoms. The van der Waals surface area contributed by atoms with Crippen molar-refractivity contribution in [3.8, 4) is 0 Å². The number of carbonyl (C=O) groups excluding carboxylic acids is 1. The van der Waals surface area contributed by atoms with Gasteiger partial charge in [-0.05, 0) is 24.5 Å². The summed E-state index contributed by atoms with van der Waals surface area (Å²) in [5, 5.41) is 10.6. The average molecular weight is 318 g/mol. The molecule has 0 aliphatic heterocycles. The number of carboxylic acid groups (broad SMARTS) is 1. The van der Waals surface area contributed by atoms with E-state index in [1.807, 2.05) is 13.8 Å². The van der Waals surface area contributed by atoms with Gasteiger partial charge >= 0.3 is 5.97 Å². The third-order valence-electron chi connectivity index (χ3n) is 2.62. The first-order valence-corrected chi connectivity index (χ1v) is 7.72. The Hall–Kier alpha value is -1.87. The van der Waals surface area contributed by atoms with Crippen LogP contribution in [0.15, 0.2) is 21.6 Å². The number of carboxylic acids is 1. The Morgan fingerprint density at radius 3 is 2.38 bits per heavy atom. The SMILES string of the molecule is CNC(=O)C(CC(C)C)NS(=O)(=O)c1ccc(C(=O)O)o1. The zero-order chi connectivity index (χ0) is 16.2.